The second-order valence-corrected chi connectivity index (χ2v) is 4.00. The van der Waals surface area contributed by atoms with Crippen molar-refractivity contribution in [2.75, 3.05) is 6.54 Å². The SMILES string of the molecule is [CH2]CCN[C@H](Cn1cccn1)c1ccccc1. The van der Waals surface area contributed by atoms with Crippen molar-refractivity contribution in [3.63, 3.8) is 0 Å². The molecular weight excluding hydrogens is 210 g/mol. The Kier molecular flexibility index (Phi) is 4.33. The van der Waals surface area contributed by atoms with E-state index in [1.165, 1.54) is 5.56 Å². The number of nitrogens with zero attached hydrogens (tertiary/aromatic N) is 2. The van der Waals surface area contributed by atoms with Crippen molar-refractivity contribution in [2.45, 2.75) is 19.0 Å². The van der Waals surface area contributed by atoms with E-state index in [9.17, 15) is 0 Å². The van der Waals surface area contributed by atoms with E-state index in [2.05, 4.69) is 41.6 Å². The van der Waals surface area contributed by atoms with Crippen molar-refractivity contribution in [2.24, 2.45) is 0 Å². The van der Waals surface area contributed by atoms with Gasteiger partial charge in [-0.25, -0.2) is 0 Å². The van der Waals surface area contributed by atoms with E-state index in [1.807, 2.05) is 29.2 Å². The van der Waals surface area contributed by atoms with Gasteiger partial charge in [-0.2, -0.15) is 5.10 Å². The molecule has 1 aromatic carbocycles. The fraction of sp³-hybridized carbons (Fsp3) is 0.286. The molecule has 2 aromatic rings. The molecule has 0 saturated heterocycles. The molecule has 0 unspecified atom stereocenters. The molecule has 3 heteroatoms. The highest BCUT2D eigenvalue weighted by Gasteiger charge is 2.10. The smallest absolute Gasteiger partial charge is 0.0604 e. The van der Waals surface area contributed by atoms with Crippen LogP contribution in [0.25, 0.3) is 0 Å². The highest BCUT2D eigenvalue weighted by molar-refractivity contribution is 5.18. The summed E-state index contributed by atoms with van der Waals surface area (Å²) in [5.41, 5.74) is 1.29. The van der Waals surface area contributed by atoms with Crippen LogP contribution in [0.15, 0.2) is 48.8 Å². The van der Waals surface area contributed by atoms with E-state index in [1.54, 1.807) is 0 Å². The summed E-state index contributed by atoms with van der Waals surface area (Å²) in [6.45, 7) is 5.63. The molecule has 0 aliphatic rings. The predicted octanol–water partition coefficient (Wildman–Crippen LogP) is 2.44. The quantitative estimate of drug-likeness (QED) is 0.823. The molecule has 0 saturated carbocycles. The Balaban J connectivity index is 2.08. The minimum atomic E-state index is 0.290. The zero-order chi connectivity index (χ0) is 11.9. The number of hydrogen-bond acceptors (Lipinski definition) is 2. The summed E-state index contributed by atoms with van der Waals surface area (Å²) in [5, 5.41) is 7.75. The Bertz CT molecular complexity index is 408. The maximum absolute atomic E-state index is 4.25. The van der Waals surface area contributed by atoms with E-state index in [-0.39, 0.29) is 6.04 Å². The van der Waals surface area contributed by atoms with Crippen molar-refractivity contribution in [3.05, 3.63) is 61.3 Å². The Morgan fingerprint density at radius 3 is 2.71 bits per heavy atom. The third-order valence-electron chi connectivity index (χ3n) is 2.70. The van der Waals surface area contributed by atoms with E-state index in [0.29, 0.717) is 0 Å². The number of aromatic nitrogens is 2. The number of hydrogen-bond donors (Lipinski definition) is 1. The first-order valence-electron chi connectivity index (χ1n) is 5.95. The van der Waals surface area contributed by atoms with Gasteiger partial charge >= 0.3 is 0 Å². The summed E-state index contributed by atoms with van der Waals surface area (Å²) in [7, 11) is 0. The molecule has 3 nitrogen and oxygen atoms in total. The molecule has 1 atom stereocenters. The lowest BCUT2D eigenvalue weighted by molar-refractivity contribution is 0.442. The van der Waals surface area contributed by atoms with E-state index >= 15 is 0 Å². The molecule has 89 valence electrons. The molecule has 0 aliphatic heterocycles. The summed E-state index contributed by atoms with van der Waals surface area (Å²) >= 11 is 0. The average Bonchev–Trinajstić information content (AvgIpc) is 2.88. The summed E-state index contributed by atoms with van der Waals surface area (Å²) in [6.07, 6.45) is 4.69. The lowest BCUT2D eigenvalue weighted by atomic mass is 10.1. The highest BCUT2D eigenvalue weighted by Crippen LogP contribution is 2.14. The van der Waals surface area contributed by atoms with E-state index in [0.717, 1.165) is 19.5 Å². The third-order valence-corrected chi connectivity index (χ3v) is 2.70. The van der Waals surface area contributed by atoms with Gasteiger partial charge in [0.2, 0.25) is 0 Å². The van der Waals surface area contributed by atoms with Gasteiger partial charge in [-0.15, -0.1) is 0 Å². The zero-order valence-corrected chi connectivity index (χ0v) is 9.92. The van der Waals surface area contributed by atoms with E-state index < -0.39 is 0 Å². The molecular formula is C14H18N3. The van der Waals surface area contributed by atoms with Crippen LogP contribution >= 0.6 is 0 Å². The molecule has 1 heterocycles. The molecule has 17 heavy (non-hydrogen) atoms. The average molecular weight is 228 g/mol. The van der Waals surface area contributed by atoms with Crippen LogP contribution < -0.4 is 5.32 Å². The summed E-state index contributed by atoms with van der Waals surface area (Å²) in [6, 6.07) is 12.7. The molecule has 1 radical (unpaired) electrons. The molecule has 1 N–H and O–H groups in total. The van der Waals surface area contributed by atoms with Gasteiger partial charge in [-0.05, 0) is 24.6 Å². The minimum absolute atomic E-state index is 0.290. The minimum Gasteiger partial charge on any atom is -0.308 e. The van der Waals surface area contributed by atoms with Crippen molar-refractivity contribution >= 4 is 0 Å². The molecule has 0 amide bonds. The summed E-state index contributed by atoms with van der Waals surface area (Å²) in [4.78, 5) is 0. The van der Waals surface area contributed by atoms with Crippen LogP contribution in [0.5, 0.6) is 0 Å². The summed E-state index contributed by atoms with van der Waals surface area (Å²) < 4.78 is 1.95. The maximum Gasteiger partial charge on any atom is 0.0604 e. The van der Waals surface area contributed by atoms with Crippen LogP contribution in [-0.4, -0.2) is 16.3 Å². The second-order valence-electron chi connectivity index (χ2n) is 4.00. The highest BCUT2D eigenvalue weighted by atomic mass is 15.3. The Morgan fingerprint density at radius 1 is 1.24 bits per heavy atom. The van der Waals surface area contributed by atoms with Crippen molar-refractivity contribution in [1.29, 1.82) is 0 Å². The lowest BCUT2D eigenvalue weighted by Gasteiger charge is -2.19. The largest absolute Gasteiger partial charge is 0.308 e. The predicted molar refractivity (Wildman–Crippen MR) is 69.4 cm³/mol. The van der Waals surface area contributed by atoms with Gasteiger partial charge in [0.05, 0.1) is 12.6 Å². The Hall–Kier alpha value is -1.61. The third kappa shape index (κ3) is 3.43. The molecule has 0 spiro atoms. The van der Waals surface area contributed by atoms with Crippen LogP contribution in [-0.2, 0) is 6.54 Å². The number of rotatable bonds is 6. The van der Waals surface area contributed by atoms with Crippen LogP contribution in [0.2, 0.25) is 0 Å². The standard InChI is InChI=1S/C14H18N3/c1-2-9-15-14(12-17-11-6-10-16-17)13-7-4-3-5-8-13/h3-8,10-11,14-15H,1-2,9,12H2/t14-/m1/s1. The number of nitrogens with one attached hydrogen (secondary N) is 1. The van der Waals surface area contributed by atoms with Crippen molar-refractivity contribution < 1.29 is 0 Å². The molecule has 2 rings (SSSR count). The lowest BCUT2D eigenvalue weighted by Crippen LogP contribution is -2.26. The first kappa shape index (κ1) is 11.9. The maximum atomic E-state index is 4.25. The molecule has 0 aliphatic carbocycles. The normalized spacial score (nSPS) is 12.5. The van der Waals surface area contributed by atoms with Crippen LogP contribution in [0, 0.1) is 6.92 Å². The van der Waals surface area contributed by atoms with Gasteiger partial charge in [0.25, 0.3) is 0 Å². The Labute approximate surface area is 102 Å². The van der Waals surface area contributed by atoms with Gasteiger partial charge in [0.1, 0.15) is 0 Å². The van der Waals surface area contributed by atoms with Gasteiger partial charge in [0.15, 0.2) is 0 Å². The topological polar surface area (TPSA) is 29.9 Å². The monoisotopic (exact) mass is 228 g/mol. The van der Waals surface area contributed by atoms with Crippen LogP contribution in [0.4, 0.5) is 0 Å². The molecule has 1 aromatic heterocycles. The van der Waals surface area contributed by atoms with E-state index in [4.69, 9.17) is 0 Å². The van der Waals surface area contributed by atoms with Crippen molar-refractivity contribution in [3.8, 4) is 0 Å². The molecule has 0 bridgehead atoms. The first-order chi connectivity index (χ1) is 8.40. The fourth-order valence-electron chi connectivity index (χ4n) is 1.84. The van der Waals surface area contributed by atoms with Gasteiger partial charge in [0, 0.05) is 12.4 Å². The van der Waals surface area contributed by atoms with Crippen LogP contribution in [0.3, 0.4) is 0 Å². The molecule has 0 fully saturated rings. The summed E-state index contributed by atoms with van der Waals surface area (Å²) in [5.74, 6) is 0. The van der Waals surface area contributed by atoms with Crippen LogP contribution in [0.1, 0.15) is 18.0 Å². The fourth-order valence-corrected chi connectivity index (χ4v) is 1.84. The number of benzene rings is 1. The van der Waals surface area contributed by atoms with Gasteiger partial charge in [-0.1, -0.05) is 37.3 Å². The van der Waals surface area contributed by atoms with Crippen molar-refractivity contribution in [1.82, 2.24) is 15.1 Å². The van der Waals surface area contributed by atoms with Gasteiger partial charge < -0.3 is 5.32 Å². The van der Waals surface area contributed by atoms with Gasteiger partial charge in [-0.3, -0.25) is 4.68 Å². The first-order valence-corrected chi connectivity index (χ1v) is 5.95. The Morgan fingerprint density at radius 2 is 2.06 bits per heavy atom. The zero-order valence-electron chi connectivity index (χ0n) is 9.92. The second kappa shape index (κ2) is 6.21.